The first kappa shape index (κ1) is 13.2. The molecule has 3 rings (SSSR count). The summed E-state index contributed by atoms with van der Waals surface area (Å²) in [6.45, 7) is 0.386. The van der Waals surface area contributed by atoms with Crippen molar-refractivity contribution in [3.8, 4) is 0 Å². The molecule has 2 heteroatoms. The quantitative estimate of drug-likeness (QED) is 0.768. The zero-order valence-electron chi connectivity index (χ0n) is 11.7. The molecule has 0 N–H and O–H groups in total. The summed E-state index contributed by atoms with van der Waals surface area (Å²) in [7, 11) is 0. The van der Waals surface area contributed by atoms with E-state index in [1.165, 1.54) is 17.2 Å². The second kappa shape index (κ2) is 6.08. The van der Waals surface area contributed by atoms with E-state index in [4.69, 9.17) is 4.74 Å². The molecule has 2 aromatic rings. The van der Waals surface area contributed by atoms with Crippen molar-refractivity contribution < 1.29 is 9.53 Å². The van der Waals surface area contributed by atoms with Gasteiger partial charge < -0.3 is 4.74 Å². The summed E-state index contributed by atoms with van der Waals surface area (Å²) in [4.78, 5) is 12.1. The Hall–Kier alpha value is -1.83. The number of rotatable bonds is 3. The van der Waals surface area contributed by atoms with Crippen molar-refractivity contribution in [3.05, 3.63) is 48.0 Å². The van der Waals surface area contributed by atoms with Crippen LogP contribution in [0, 0.1) is 5.92 Å². The van der Waals surface area contributed by atoms with E-state index in [2.05, 4.69) is 18.2 Å². The molecule has 0 aromatic heterocycles. The maximum atomic E-state index is 12.1. The van der Waals surface area contributed by atoms with Gasteiger partial charge in [0.25, 0.3) is 0 Å². The number of hydrogen-bond donors (Lipinski definition) is 0. The van der Waals surface area contributed by atoms with Crippen molar-refractivity contribution in [2.24, 2.45) is 5.92 Å². The highest BCUT2D eigenvalue weighted by atomic mass is 16.5. The lowest BCUT2D eigenvalue weighted by Crippen LogP contribution is -2.20. The summed E-state index contributed by atoms with van der Waals surface area (Å²) < 4.78 is 5.54. The fraction of sp³-hybridized carbons (Fsp3) is 0.389. The number of benzene rings is 2. The van der Waals surface area contributed by atoms with Crippen LogP contribution in [0.25, 0.3) is 10.8 Å². The molecule has 1 aliphatic carbocycles. The molecule has 2 nitrogen and oxygen atoms in total. The second-order valence-corrected chi connectivity index (χ2v) is 5.58. The van der Waals surface area contributed by atoms with Gasteiger partial charge >= 0.3 is 5.97 Å². The van der Waals surface area contributed by atoms with Crippen molar-refractivity contribution >= 4 is 16.7 Å². The van der Waals surface area contributed by atoms with Crippen molar-refractivity contribution in [3.63, 3.8) is 0 Å². The van der Waals surface area contributed by atoms with Gasteiger partial charge in [-0.15, -0.1) is 0 Å². The van der Waals surface area contributed by atoms with Crippen LogP contribution in [0.1, 0.15) is 37.7 Å². The Morgan fingerprint density at radius 1 is 1.00 bits per heavy atom. The molecular weight excluding hydrogens is 248 g/mol. The van der Waals surface area contributed by atoms with E-state index in [-0.39, 0.29) is 11.9 Å². The van der Waals surface area contributed by atoms with Crippen LogP contribution < -0.4 is 0 Å². The van der Waals surface area contributed by atoms with E-state index < -0.39 is 0 Å². The highest BCUT2D eigenvalue weighted by Crippen LogP contribution is 2.25. The standard InChI is InChI=1S/C18H20O2/c19-18(15-8-2-1-3-9-15)20-13-16-11-6-10-14-7-4-5-12-17(14)16/h4-7,10-12,15H,1-3,8-9,13H2. The molecule has 104 valence electrons. The van der Waals surface area contributed by atoms with Crippen LogP contribution in [0.5, 0.6) is 0 Å². The van der Waals surface area contributed by atoms with Crippen LogP contribution in [-0.2, 0) is 16.1 Å². The van der Waals surface area contributed by atoms with Crippen molar-refractivity contribution in [1.82, 2.24) is 0 Å². The van der Waals surface area contributed by atoms with Gasteiger partial charge in [-0.05, 0) is 29.2 Å². The van der Waals surface area contributed by atoms with Gasteiger partial charge in [-0.1, -0.05) is 61.7 Å². The Morgan fingerprint density at radius 2 is 1.75 bits per heavy atom. The maximum absolute atomic E-state index is 12.1. The first-order valence-electron chi connectivity index (χ1n) is 7.48. The molecule has 1 fully saturated rings. The van der Waals surface area contributed by atoms with Crippen molar-refractivity contribution in [2.45, 2.75) is 38.7 Å². The molecule has 1 aliphatic rings. The Morgan fingerprint density at radius 3 is 2.60 bits per heavy atom. The van der Waals surface area contributed by atoms with Gasteiger partial charge in [-0.3, -0.25) is 4.79 Å². The highest BCUT2D eigenvalue weighted by Gasteiger charge is 2.22. The number of fused-ring (bicyclic) bond motifs is 1. The van der Waals surface area contributed by atoms with Crippen LogP contribution in [-0.4, -0.2) is 5.97 Å². The molecule has 1 saturated carbocycles. The smallest absolute Gasteiger partial charge is 0.309 e. The van der Waals surface area contributed by atoms with E-state index in [9.17, 15) is 4.79 Å². The van der Waals surface area contributed by atoms with E-state index in [0.717, 1.165) is 31.2 Å². The SMILES string of the molecule is O=C(OCc1cccc2ccccc12)C1CCCCC1. The number of hydrogen-bond acceptors (Lipinski definition) is 2. The Kier molecular flexibility index (Phi) is 4.00. The molecule has 2 aromatic carbocycles. The molecule has 20 heavy (non-hydrogen) atoms. The Labute approximate surface area is 119 Å². The second-order valence-electron chi connectivity index (χ2n) is 5.58. The van der Waals surface area contributed by atoms with E-state index in [1.807, 2.05) is 24.3 Å². The molecular formula is C18H20O2. The monoisotopic (exact) mass is 268 g/mol. The molecule has 0 radical (unpaired) electrons. The first-order chi connectivity index (χ1) is 9.84. The summed E-state index contributed by atoms with van der Waals surface area (Å²) >= 11 is 0. The third-order valence-corrected chi connectivity index (χ3v) is 4.19. The average molecular weight is 268 g/mol. The van der Waals surface area contributed by atoms with Crippen LogP contribution in [0.4, 0.5) is 0 Å². The average Bonchev–Trinajstić information content (AvgIpc) is 2.53. The zero-order chi connectivity index (χ0) is 13.8. The Balaban J connectivity index is 1.69. The minimum absolute atomic E-state index is 0.0161. The lowest BCUT2D eigenvalue weighted by molar-refractivity contribution is -0.150. The maximum Gasteiger partial charge on any atom is 0.309 e. The predicted molar refractivity (Wildman–Crippen MR) is 80.3 cm³/mol. The summed E-state index contributed by atoms with van der Waals surface area (Å²) in [6, 6.07) is 14.4. The van der Waals surface area contributed by atoms with Crippen LogP contribution in [0.3, 0.4) is 0 Å². The molecule has 0 spiro atoms. The normalized spacial score (nSPS) is 16.2. The number of carbonyl (C=O) groups excluding carboxylic acids is 1. The molecule has 0 unspecified atom stereocenters. The molecule has 0 heterocycles. The zero-order valence-corrected chi connectivity index (χ0v) is 11.7. The summed E-state index contributed by atoms with van der Waals surface area (Å²) in [5.74, 6) is 0.108. The predicted octanol–water partition coefficient (Wildman–Crippen LogP) is 4.46. The third kappa shape index (κ3) is 2.84. The third-order valence-electron chi connectivity index (χ3n) is 4.19. The lowest BCUT2D eigenvalue weighted by Gasteiger charge is -2.20. The molecule has 0 amide bonds. The minimum Gasteiger partial charge on any atom is -0.461 e. The van der Waals surface area contributed by atoms with Crippen LogP contribution in [0.15, 0.2) is 42.5 Å². The summed E-state index contributed by atoms with van der Waals surface area (Å²) in [5.41, 5.74) is 1.09. The highest BCUT2D eigenvalue weighted by molar-refractivity contribution is 5.85. The van der Waals surface area contributed by atoms with Gasteiger partial charge in [0.2, 0.25) is 0 Å². The van der Waals surface area contributed by atoms with Crippen molar-refractivity contribution in [1.29, 1.82) is 0 Å². The Bertz CT molecular complexity index is 592. The first-order valence-corrected chi connectivity index (χ1v) is 7.48. The minimum atomic E-state index is -0.0161. The van der Waals surface area contributed by atoms with Gasteiger partial charge in [0, 0.05) is 0 Å². The molecule has 0 bridgehead atoms. The van der Waals surface area contributed by atoms with Gasteiger partial charge in [0.15, 0.2) is 0 Å². The largest absolute Gasteiger partial charge is 0.461 e. The summed E-state index contributed by atoms with van der Waals surface area (Å²) in [6.07, 6.45) is 5.57. The van der Waals surface area contributed by atoms with E-state index in [1.54, 1.807) is 0 Å². The lowest BCUT2D eigenvalue weighted by atomic mass is 9.89. The molecule has 0 atom stereocenters. The van der Waals surface area contributed by atoms with Gasteiger partial charge in [-0.2, -0.15) is 0 Å². The van der Waals surface area contributed by atoms with E-state index >= 15 is 0 Å². The number of ether oxygens (including phenoxy) is 1. The molecule has 0 saturated heterocycles. The van der Waals surface area contributed by atoms with Gasteiger partial charge in [-0.25, -0.2) is 0 Å². The van der Waals surface area contributed by atoms with Gasteiger partial charge in [0.05, 0.1) is 5.92 Å². The number of esters is 1. The van der Waals surface area contributed by atoms with Crippen LogP contribution >= 0.6 is 0 Å². The van der Waals surface area contributed by atoms with Crippen LogP contribution in [0.2, 0.25) is 0 Å². The fourth-order valence-corrected chi connectivity index (χ4v) is 3.02. The van der Waals surface area contributed by atoms with E-state index in [0.29, 0.717) is 6.61 Å². The number of carbonyl (C=O) groups is 1. The fourth-order valence-electron chi connectivity index (χ4n) is 3.02. The topological polar surface area (TPSA) is 26.3 Å². The molecule has 0 aliphatic heterocycles. The van der Waals surface area contributed by atoms with Crippen molar-refractivity contribution in [2.75, 3.05) is 0 Å². The van der Waals surface area contributed by atoms with Gasteiger partial charge in [0.1, 0.15) is 6.61 Å². The summed E-state index contributed by atoms with van der Waals surface area (Å²) in [5, 5.41) is 2.37.